The minimum Gasteiger partial charge on any atom is -0.476 e. The van der Waals surface area contributed by atoms with Gasteiger partial charge >= 0.3 is 5.97 Å². The van der Waals surface area contributed by atoms with Crippen LogP contribution in [0.4, 0.5) is 0 Å². The fraction of sp³-hybridized carbons (Fsp3) is 0.300. The smallest absolute Gasteiger partial charge is 0.355 e. The number of hydrogen-bond donors (Lipinski definition) is 2. The second-order valence-corrected chi connectivity index (χ2v) is 4.31. The lowest BCUT2D eigenvalue weighted by Crippen LogP contribution is -2.20. The minimum atomic E-state index is -1.06. The van der Waals surface area contributed by atoms with Crippen molar-refractivity contribution >= 4 is 23.2 Å². The Hall–Kier alpha value is -1.69. The third-order valence-corrected chi connectivity index (χ3v) is 2.45. The lowest BCUT2D eigenvalue weighted by atomic mass is 10.3. The van der Waals surface area contributed by atoms with Gasteiger partial charge < -0.3 is 10.4 Å². The van der Waals surface area contributed by atoms with Gasteiger partial charge in [-0.15, -0.1) is 11.3 Å². The quantitative estimate of drug-likeness (QED) is 0.780. The number of amides is 1. The molecule has 0 aromatic carbocycles. The van der Waals surface area contributed by atoms with Gasteiger partial charge in [0.1, 0.15) is 5.01 Å². The summed E-state index contributed by atoms with van der Waals surface area (Å²) in [5, 5.41) is 13.3. The summed E-state index contributed by atoms with van der Waals surface area (Å²) in [7, 11) is 0. The van der Waals surface area contributed by atoms with Crippen molar-refractivity contribution in [2.45, 2.75) is 20.4 Å². The van der Waals surface area contributed by atoms with Crippen LogP contribution in [0.15, 0.2) is 17.0 Å². The van der Waals surface area contributed by atoms with E-state index < -0.39 is 5.97 Å². The summed E-state index contributed by atoms with van der Waals surface area (Å²) in [6, 6.07) is 0. The molecule has 0 atom stereocenters. The zero-order valence-corrected chi connectivity index (χ0v) is 9.80. The predicted molar refractivity (Wildman–Crippen MR) is 60.4 cm³/mol. The molecule has 0 saturated heterocycles. The predicted octanol–water partition coefficient (Wildman–Crippen LogP) is 1.42. The number of rotatable bonds is 4. The van der Waals surface area contributed by atoms with E-state index in [1.54, 1.807) is 0 Å². The number of nitrogens with one attached hydrogen (secondary N) is 1. The Balaban J connectivity index is 2.52. The first kappa shape index (κ1) is 12.4. The molecular formula is C10H12N2O3S. The zero-order valence-electron chi connectivity index (χ0n) is 8.98. The molecule has 1 aromatic heterocycles. The summed E-state index contributed by atoms with van der Waals surface area (Å²) in [4.78, 5) is 25.6. The molecule has 0 unspecified atom stereocenters. The van der Waals surface area contributed by atoms with Crippen molar-refractivity contribution in [1.29, 1.82) is 0 Å². The van der Waals surface area contributed by atoms with Crippen LogP contribution in [0.25, 0.3) is 0 Å². The van der Waals surface area contributed by atoms with Gasteiger partial charge in [0.15, 0.2) is 5.69 Å². The van der Waals surface area contributed by atoms with Gasteiger partial charge in [-0.2, -0.15) is 0 Å². The highest BCUT2D eigenvalue weighted by molar-refractivity contribution is 7.09. The fourth-order valence-corrected chi connectivity index (χ4v) is 1.67. The highest BCUT2D eigenvalue weighted by Gasteiger charge is 2.08. The molecule has 2 N–H and O–H groups in total. The van der Waals surface area contributed by atoms with E-state index in [9.17, 15) is 9.59 Å². The van der Waals surface area contributed by atoms with Crippen LogP contribution in [-0.4, -0.2) is 22.0 Å². The molecule has 0 fully saturated rings. The Morgan fingerprint density at radius 2 is 2.25 bits per heavy atom. The molecule has 1 amide bonds. The van der Waals surface area contributed by atoms with E-state index in [0.717, 1.165) is 5.57 Å². The molecule has 1 rings (SSSR count). The number of carbonyl (C=O) groups is 2. The first-order valence-electron chi connectivity index (χ1n) is 4.59. The highest BCUT2D eigenvalue weighted by Crippen LogP contribution is 2.09. The van der Waals surface area contributed by atoms with E-state index in [1.165, 1.54) is 22.8 Å². The minimum absolute atomic E-state index is 0.0106. The largest absolute Gasteiger partial charge is 0.476 e. The summed E-state index contributed by atoms with van der Waals surface area (Å²) < 4.78 is 0. The second-order valence-electron chi connectivity index (χ2n) is 3.37. The first-order valence-corrected chi connectivity index (χ1v) is 5.47. The van der Waals surface area contributed by atoms with Crippen molar-refractivity contribution in [3.63, 3.8) is 0 Å². The maximum atomic E-state index is 11.2. The number of thiazole rings is 1. The standard InChI is InChI=1S/C10H12N2O3S/c1-6(2)3-8(13)11-4-9-12-7(5-16-9)10(14)15/h3,5H,4H2,1-2H3,(H,11,13)(H,14,15). The van der Waals surface area contributed by atoms with Crippen LogP contribution < -0.4 is 5.32 Å². The van der Waals surface area contributed by atoms with Gasteiger partial charge in [0.25, 0.3) is 0 Å². The molecular weight excluding hydrogens is 228 g/mol. The van der Waals surface area contributed by atoms with Crippen molar-refractivity contribution in [3.05, 3.63) is 27.7 Å². The second kappa shape index (κ2) is 5.41. The Bertz CT molecular complexity index is 433. The molecule has 0 bridgehead atoms. The van der Waals surface area contributed by atoms with Crippen molar-refractivity contribution in [2.75, 3.05) is 0 Å². The van der Waals surface area contributed by atoms with Crippen LogP contribution in [0.2, 0.25) is 0 Å². The van der Waals surface area contributed by atoms with Crippen molar-refractivity contribution in [3.8, 4) is 0 Å². The van der Waals surface area contributed by atoms with Crippen LogP contribution in [0.5, 0.6) is 0 Å². The fourth-order valence-electron chi connectivity index (χ4n) is 0.966. The number of aromatic carboxylic acids is 1. The Labute approximate surface area is 96.8 Å². The van der Waals surface area contributed by atoms with Crippen LogP contribution >= 0.6 is 11.3 Å². The van der Waals surface area contributed by atoms with Gasteiger partial charge in [0.2, 0.25) is 5.91 Å². The number of carboxylic acids is 1. The van der Waals surface area contributed by atoms with E-state index in [4.69, 9.17) is 5.11 Å². The lowest BCUT2D eigenvalue weighted by molar-refractivity contribution is -0.116. The molecule has 1 heterocycles. The number of aromatic nitrogens is 1. The average molecular weight is 240 g/mol. The van der Waals surface area contributed by atoms with E-state index in [2.05, 4.69) is 10.3 Å². The molecule has 5 nitrogen and oxygen atoms in total. The average Bonchev–Trinajstić information content (AvgIpc) is 2.61. The van der Waals surface area contributed by atoms with Gasteiger partial charge in [-0.3, -0.25) is 4.79 Å². The molecule has 0 spiro atoms. The third-order valence-electron chi connectivity index (χ3n) is 1.60. The topological polar surface area (TPSA) is 79.3 Å². The van der Waals surface area contributed by atoms with Crippen LogP contribution in [0, 0.1) is 0 Å². The zero-order chi connectivity index (χ0) is 12.1. The van der Waals surface area contributed by atoms with Gasteiger partial charge in [-0.25, -0.2) is 9.78 Å². The Kier molecular flexibility index (Phi) is 4.19. The van der Waals surface area contributed by atoms with E-state index in [1.807, 2.05) is 13.8 Å². The third kappa shape index (κ3) is 3.82. The Morgan fingerprint density at radius 1 is 1.56 bits per heavy atom. The van der Waals surface area contributed by atoms with E-state index in [0.29, 0.717) is 5.01 Å². The number of carbonyl (C=O) groups excluding carboxylic acids is 1. The maximum Gasteiger partial charge on any atom is 0.355 e. The van der Waals surface area contributed by atoms with Crippen LogP contribution in [0.1, 0.15) is 29.3 Å². The Morgan fingerprint density at radius 3 is 2.75 bits per heavy atom. The lowest BCUT2D eigenvalue weighted by Gasteiger charge is -1.98. The maximum absolute atomic E-state index is 11.2. The summed E-state index contributed by atoms with van der Waals surface area (Å²) in [6.07, 6.45) is 1.48. The number of allylic oxidation sites excluding steroid dienone is 1. The summed E-state index contributed by atoms with van der Waals surface area (Å²) in [5.41, 5.74) is 0.916. The molecule has 6 heteroatoms. The molecule has 0 aliphatic carbocycles. The van der Waals surface area contributed by atoms with Gasteiger partial charge in [-0.1, -0.05) is 5.57 Å². The van der Waals surface area contributed by atoms with Gasteiger partial charge in [-0.05, 0) is 13.8 Å². The molecule has 0 aliphatic heterocycles. The monoisotopic (exact) mass is 240 g/mol. The van der Waals surface area contributed by atoms with Crippen LogP contribution in [-0.2, 0) is 11.3 Å². The van der Waals surface area contributed by atoms with Gasteiger partial charge in [0, 0.05) is 11.5 Å². The normalized spacial score (nSPS) is 9.62. The van der Waals surface area contributed by atoms with Crippen molar-refractivity contribution in [2.24, 2.45) is 0 Å². The van der Waals surface area contributed by atoms with Gasteiger partial charge in [0.05, 0.1) is 6.54 Å². The summed E-state index contributed by atoms with van der Waals surface area (Å²) in [5.74, 6) is -1.26. The summed E-state index contributed by atoms with van der Waals surface area (Å²) >= 11 is 1.21. The molecule has 16 heavy (non-hydrogen) atoms. The van der Waals surface area contributed by atoms with Crippen molar-refractivity contribution < 1.29 is 14.7 Å². The molecule has 0 saturated carbocycles. The molecule has 0 radical (unpaired) electrons. The van der Waals surface area contributed by atoms with E-state index in [-0.39, 0.29) is 18.1 Å². The SMILES string of the molecule is CC(C)=CC(=O)NCc1nc(C(=O)O)cs1. The molecule has 0 aliphatic rings. The summed E-state index contributed by atoms with van der Waals surface area (Å²) in [6.45, 7) is 3.90. The number of nitrogens with zero attached hydrogens (tertiary/aromatic N) is 1. The van der Waals surface area contributed by atoms with E-state index >= 15 is 0 Å². The molecule has 86 valence electrons. The molecule has 1 aromatic rings. The first-order chi connectivity index (χ1) is 7.49. The number of hydrogen-bond acceptors (Lipinski definition) is 4. The highest BCUT2D eigenvalue weighted by atomic mass is 32.1. The van der Waals surface area contributed by atoms with Crippen LogP contribution in [0.3, 0.4) is 0 Å². The van der Waals surface area contributed by atoms with Crippen molar-refractivity contribution in [1.82, 2.24) is 10.3 Å². The number of carboxylic acid groups (broad SMARTS) is 1.